The molecule has 0 saturated heterocycles. The lowest BCUT2D eigenvalue weighted by Gasteiger charge is -1.99. The second kappa shape index (κ2) is 7.23. The molecule has 1 N–H and O–H groups in total. The molecule has 2 aromatic carbocycles. The SMILES string of the molecule is Cc1ccc(S(=O)(=O)Cl)cc1.Cc1ccccc1S(=O)(=O)O. The van der Waals surface area contributed by atoms with Crippen LogP contribution in [-0.2, 0) is 19.2 Å². The smallest absolute Gasteiger partial charge is 0.282 e. The molecule has 0 aliphatic heterocycles. The lowest BCUT2D eigenvalue weighted by molar-refractivity contribution is 0.482. The van der Waals surface area contributed by atoms with E-state index in [9.17, 15) is 16.8 Å². The third-order valence-electron chi connectivity index (χ3n) is 2.67. The Morgan fingerprint density at radius 2 is 1.36 bits per heavy atom. The first-order valence-electron chi connectivity index (χ1n) is 6.06. The number of halogens is 1. The van der Waals surface area contributed by atoms with Crippen molar-refractivity contribution in [1.29, 1.82) is 0 Å². The third kappa shape index (κ3) is 5.76. The van der Waals surface area contributed by atoms with Crippen molar-refractivity contribution < 1.29 is 21.4 Å². The van der Waals surface area contributed by atoms with Gasteiger partial charge in [0.05, 0.1) is 9.79 Å². The van der Waals surface area contributed by atoms with Gasteiger partial charge in [-0.15, -0.1) is 0 Å². The number of benzene rings is 2. The van der Waals surface area contributed by atoms with Crippen molar-refractivity contribution in [2.45, 2.75) is 23.6 Å². The van der Waals surface area contributed by atoms with Gasteiger partial charge >= 0.3 is 0 Å². The van der Waals surface area contributed by atoms with Crippen molar-refractivity contribution in [2.75, 3.05) is 0 Å². The first-order valence-corrected chi connectivity index (χ1v) is 9.81. The predicted molar refractivity (Wildman–Crippen MR) is 85.2 cm³/mol. The predicted octanol–water partition coefficient (Wildman–Crippen LogP) is 3.16. The van der Waals surface area contributed by atoms with Crippen LogP contribution in [0.5, 0.6) is 0 Å². The van der Waals surface area contributed by atoms with Crippen molar-refractivity contribution in [3.8, 4) is 0 Å². The van der Waals surface area contributed by atoms with Gasteiger partial charge in [0.25, 0.3) is 19.2 Å². The minimum Gasteiger partial charge on any atom is -0.282 e. The van der Waals surface area contributed by atoms with Crippen molar-refractivity contribution in [2.24, 2.45) is 0 Å². The summed E-state index contributed by atoms with van der Waals surface area (Å²) in [5, 5.41) is 0. The molecule has 0 saturated carbocycles. The molecule has 0 radical (unpaired) electrons. The van der Waals surface area contributed by atoms with Crippen LogP contribution in [0.4, 0.5) is 0 Å². The van der Waals surface area contributed by atoms with Gasteiger partial charge in [0.1, 0.15) is 0 Å². The van der Waals surface area contributed by atoms with E-state index >= 15 is 0 Å². The lowest BCUT2D eigenvalue weighted by atomic mass is 10.2. The van der Waals surface area contributed by atoms with Crippen LogP contribution >= 0.6 is 10.7 Å². The van der Waals surface area contributed by atoms with Crippen molar-refractivity contribution in [3.63, 3.8) is 0 Å². The van der Waals surface area contributed by atoms with Gasteiger partial charge < -0.3 is 0 Å². The molecular weight excluding hydrogens is 348 g/mol. The maximum atomic E-state index is 10.7. The van der Waals surface area contributed by atoms with Crippen molar-refractivity contribution in [3.05, 3.63) is 59.7 Å². The minimum absolute atomic E-state index is 0.0278. The van der Waals surface area contributed by atoms with Crippen molar-refractivity contribution in [1.82, 2.24) is 0 Å². The van der Waals surface area contributed by atoms with E-state index in [0.717, 1.165) is 5.56 Å². The van der Waals surface area contributed by atoms with Gasteiger partial charge in [0, 0.05) is 10.7 Å². The van der Waals surface area contributed by atoms with E-state index < -0.39 is 19.2 Å². The van der Waals surface area contributed by atoms with E-state index in [-0.39, 0.29) is 9.79 Å². The zero-order valence-corrected chi connectivity index (χ0v) is 14.3. The number of aryl methyl sites for hydroxylation is 2. The van der Waals surface area contributed by atoms with Gasteiger partial charge in [0.2, 0.25) is 0 Å². The minimum atomic E-state index is -4.03. The summed E-state index contributed by atoms with van der Waals surface area (Å²) in [7, 11) is -2.50. The standard InChI is InChI=1S/C7H7ClO2S.C7H8O3S/c1-6-2-4-7(5-3-6)11(8,9)10;1-6-4-2-3-5-7(6)11(8,9)10/h2-5H,1H3;2-5H,1H3,(H,8,9,10). The van der Waals surface area contributed by atoms with E-state index in [0.29, 0.717) is 5.56 Å². The summed E-state index contributed by atoms with van der Waals surface area (Å²) in [6, 6.07) is 12.6. The molecule has 5 nitrogen and oxygen atoms in total. The summed E-state index contributed by atoms with van der Waals surface area (Å²) in [5.74, 6) is 0. The van der Waals surface area contributed by atoms with Crippen molar-refractivity contribution >= 4 is 29.9 Å². The highest BCUT2D eigenvalue weighted by atomic mass is 35.7. The van der Waals surface area contributed by atoms with E-state index in [2.05, 4.69) is 0 Å². The highest BCUT2D eigenvalue weighted by Gasteiger charge is 2.10. The van der Waals surface area contributed by atoms with E-state index in [1.54, 1.807) is 37.3 Å². The summed E-state index contributed by atoms with van der Waals surface area (Å²) < 4.78 is 51.3. The monoisotopic (exact) mass is 362 g/mol. The molecule has 0 unspecified atom stereocenters. The second-order valence-corrected chi connectivity index (χ2v) is 8.45. The molecule has 0 atom stereocenters. The van der Waals surface area contributed by atoms with Gasteiger partial charge in [-0.25, -0.2) is 8.42 Å². The highest BCUT2D eigenvalue weighted by Crippen LogP contribution is 2.14. The van der Waals surface area contributed by atoms with E-state index in [4.69, 9.17) is 15.2 Å². The maximum absolute atomic E-state index is 10.7. The van der Waals surface area contributed by atoms with E-state index in [1.807, 2.05) is 6.92 Å². The molecule has 0 heterocycles. The summed E-state index contributed by atoms with van der Waals surface area (Å²) >= 11 is 0. The lowest BCUT2D eigenvalue weighted by Crippen LogP contribution is -1.99. The fraction of sp³-hybridized carbons (Fsp3) is 0.143. The molecule has 2 aromatic rings. The van der Waals surface area contributed by atoms with Gasteiger partial charge in [-0.3, -0.25) is 4.55 Å². The number of hydrogen-bond donors (Lipinski definition) is 1. The average Bonchev–Trinajstić information content (AvgIpc) is 2.38. The van der Waals surface area contributed by atoms with Gasteiger partial charge in [-0.2, -0.15) is 8.42 Å². The summed E-state index contributed by atoms with van der Waals surface area (Å²) in [6.45, 7) is 3.51. The van der Waals surface area contributed by atoms with Crippen LogP contribution in [0.15, 0.2) is 58.3 Å². The molecule has 0 amide bonds. The Kier molecular flexibility index (Phi) is 6.13. The highest BCUT2D eigenvalue weighted by molar-refractivity contribution is 8.13. The Morgan fingerprint density at radius 3 is 1.73 bits per heavy atom. The fourth-order valence-electron chi connectivity index (χ4n) is 1.55. The molecule has 0 aliphatic carbocycles. The molecule has 0 bridgehead atoms. The largest absolute Gasteiger partial charge is 0.294 e. The Bertz CT molecular complexity index is 841. The Hall–Kier alpha value is -1.41. The van der Waals surface area contributed by atoms with Gasteiger partial charge in [0.15, 0.2) is 0 Å². The average molecular weight is 363 g/mol. The number of hydrogen-bond acceptors (Lipinski definition) is 4. The van der Waals surface area contributed by atoms with Crippen LogP contribution in [0.25, 0.3) is 0 Å². The molecule has 0 spiro atoms. The fourth-order valence-corrected chi connectivity index (χ4v) is 3.04. The third-order valence-corrected chi connectivity index (χ3v) is 5.06. The summed E-state index contributed by atoms with van der Waals surface area (Å²) in [4.78, 5) is 0.116. The van der Waals surface area contributed by atoms with E-state index in [1.165, 1.54) is 18.2 Å². The van der Waals surface area contributed by atoms with Gasteiger partial charge in [-0.1, -0.05) is 35.9 Å². The first kappa shape index (κ1) is 18.6. The molecule has 22 heavy (non-hydrogen) atoms. The summed E-state index contributed by atoms with van der Waals surface area (Å²) in [5.41, 5.74) is 1.56. The second-order valence-electron chi connectivity index (χ2n) is 4.49. The normalized spacial score (nSPS) is 11.5. The zero-order chi connectivity index (χ0) is 17.0. The number of rotatable bonds is 2. The van der Waals surface area contributed by atoms with Crippen LogP contribution in [0.3, 0.4) is 0 Å². The van der Waals surface area contributed by atoms with Crippen LogP contribution in [0.2, 0.25) is 0 Å². The van der Waals surface area contributed by atoms with Gasteiger partial charge in [-0.05, 0) is 37.6 Å². The quantitative estimate of drug-likeness (QED) is 0.654. The molecular formula is C14H15ClO5S2. The van der Waals surface area contributed by atoms with Crippen LogP contribution < -0.4 is 0 Å². The molecule has 0 fully saturated rings. The molecule has 2 rings (SSSR count). The maximum Gasteiger partial charge on any atom is 0.294 e. The van der Waals surface area contributed by atoms with Crippen LogP contribution in [0.1, 0.15) is 11.1 Å². The Balaban J connectivity index is 0.000000220. The Morgan fingerprint density at radius 1 is 0.864 bits per heavy atom. The molecule has 0 aromatic heterocycles. The van der Waals surface area contributed by atoms with Crippen LogP contribution in [0, 0.1) is 13.8 Å². The summed E-state index contributed by atoms with van der Waals surface area (Å²) in [6.07, 6.45) is 0. The zero-order valence-electron chi connectivity index (χ0n) is 11.9. The first-order chi connectivity index (χ1) is 10.0. The molecule has 8 heteroatoms. The molecule has 120 valence electrons. The Labute approximate surface area is 134 Å². The molecule has 0 aliphatic rings. The van der Waals surface area contributed by atoms with Crippen LogP contribution in [-0.4, -0.2) is 21.4 Å². The topological polar surface area (TPSA) is 88.5 Å².